The van der Waals surface area contributed by atoms with Crippen molar-refractivity contribution in [1.82, 2.24) is 9.55 Å². The molecule has 108 valence electrons. The molecule has 2 rings (SSSR count). The van der Waals surface area contributed by atoms with Crippen LogP contribution in [-0.2, 0) is 17.9 Å². The molecule has 20 heavy (non-hydrogen) atoms. The molecule has 0 aliphatic rings. The molecule has 2 aromatic rings. The summed E-state index contributed by atoms with van der Waals surface area (Å²) in [6, 6.07) is 7.48. The van der Waals surface area contributed by atoms with Crippen molar-refractivity contribution in [2.45, 2.75) is 33.1 Å². The molecule has 0 aliphatic heterocycles. The van der Waals surface area contributed by atoms with Crippen LogP contribution in [0.1, 0.15) is 17.0 Å². The van der Waals surface area contributed by atoms with Gasteiger partial charge in [-0.05, 0) is 31.5 Å². The zero-order valence-electron chi connectivity index (χ0n) is 11.7. The number of aromatic nitrogens is 2. The number of aliphatic hydroxyl groups excluding tert-OH is 1. The standard InChI is InChI=1S/C15H19ClN2O2/c1-11-12(2)18(10-17-11)7-15(19)9-20-8-13-3-5-14(16)6-4-13/h3-6,10,15,19H,7-9H2,1-2H3. The molecule has 1 heterocycles. The first kappa shape index (κ1) is 15.0. The van der Waals surface area contributed by atoms with Crippen LogP contribution in [0.25, 0.3) is 0 Å². The van der Waals surface area contributed by atoms with Gasteiger partial charge in [-0.2, -0.15) is 0 Å². The second-order valence-corrected chi connectivity index (χ2v) is 5.30. The average molecular weight is 295 g/mol. The second kappa shape index (κ2) is 6.88. The number of benzene rings is 1. The predicted molar refractivity (Wildman–Crippen MR) is 78.8 cm³/mol. The van der Waals surface area contributed by atoms with Gasteiger partial charge in [-0.15, -0.1) is 0 Å². The molecule has 1 aromatic carbocycles. The minimum Gasteiger partial charge on any atom is -0.389 e. The maximum Gasteiger partial charge on any atom is 0.0952 e. The molecule has 1 aromatic heterocycles. The summed E-state index contributed by atoms with van der Waals surface area (Å²) in [6.07, 6.45) is 1.20. The van der Waals surface area contributed by atoms with Crippen LogP contribution in [0.4, 0.5) is 0 Å². The fraction of sp³-hybridized carbons (Fsp3) is 0.400. The Kier molecular flexibility index (Phi) is 5.17. The van der Waals surface area contributed by atoms with Gasteiger partial charge in [0.05, 0.1) is 37.9 Å². The van der Waals surface area contributed by atoms with Gasteiger partial charge in [0.2, 0.25) is 0 Å². The van der Waals surface area contributed by atoms with E-state index in [1.807, 2.05) is 42.7 Å². The Bertz CT molecular complexity index is 552. The highest BCUT2D eigenvalue weighted by molar-refractivity contribution is 6.30. The van der Waals surface area contributed by atoms with Crippen molar-refractivity contribution in [3.05, 3.63) is 52.6 Å². The summed E-state index contributed by atoms with van der Waals surface area (Å²) >= 11 is 5.81. The van der Waals surface area contributed by atoms with Crippen molar-refractivity contribution in [3.8, 4) is 0 Å². The summed E-state index contributed by atoms with van der Waals surface area (Å²) in [6.45, 7) is 5.20. The zero-order chi connectivity index (χ0) is 14.5. The summed E-state index contributed by atoms with van der Waals surface area (Å²) < 4.78 is 7.45. The van der Waals surface area contributed by atoms with E-state index in [9.17, 15) is 5.11 Å². The van der Waals surface area contributed by atoms with Crippen LogP contribution >= 0.6 is 11.6 Å². The van der Waals surface area contributed by atoms with Gasteiger partial charge >= 0.3 is 0 Å². The first-order valence-electron chi connectivity index (χ1n) is 6.55. The molecule has 0 radical (unpaired) electrons. The van der Waals surface area contributed by atoms with Crippen LogP contribution in [0.15, 0.2) is 30.6 Å². The molecule has 0 saturated heterocycles. The molecular formula is C15H19ClN2O2. The van der Waals surface area contributed by atoms with Crippen molar-refractivity contribution >= 4 is 11.6 Å². The summed E-state index contributed by atoms with van der Waals surface area (Å²) in [5.41, 5.74) is 3.09. The number of rotatable bonds is 6. The maximum absolute atomic E-state index is 9.96. The molecule has 0 spiro atoms. The third-order valence-electron chi connectivity index (χ3n) is 3.24. The highest BCUT2D eigenvalue weighted by Crippen LogP contribution is 2.10. The van der Waals surface area contributed by atoms with E-state index in [2.05, 4.69) is 4.98 Å². The second-order valence-electron chi connectivity index (χ2n) is 4.86. The maximum atomic E-state index is 9.96. The van der Waals surface area contributed by atoms with E-state index in [1.54, 1.807) is 6.33 Å². The van der Waals surface area contributed by atoms with E-state index in [0.717, 1.165) is 17.0 Å². The Hall–Kier alpha value is -1.36. The van der Waals surface area contributed by atoms with Crippen molar-refractivity contribution in [1.29, 1.82) is 0 Å². The van der Waals surface area contributed by atoms with Crippen LogP contribution in [0.3, 0.4) is 0 Å². The smallest absolute Gasteiger partial charge is 0.0952 e. The Morgan fingerprint density at radius 2 is 2.00 bits per heavy atom. The number of ether oxygens (including phenoxy) is 1. The normalized spacial score (nSPS) is 12.6. The van der Waals surface area contributed by atoms with Gasteiger partial charge < -0.3 is 14.4 Å². The quantitative estimate of drug-likeness (QED) is 0.891. The average Bonchev–Trinajstić information content (AvgIpc) is 2.73. The number of aryl methyl sites for hydroxylation is 1. The van der Waals surface area contributed by atoms with Gasteiger partial charge in [0.1, 0.15) is 0 Å². The topological polar surface area (TPSA) is 47.3 Å². The van der Waals surface area contributed by atoms with Crippen molar-refractivity contribution in [2.75, 3.05) is 6.61 Å². The summed E-state index contributed by atoms with van der Waals surface area (Å²) in [7, 11) is 0. The predicted octanol–water partition coefficient (Wildman–Crippen LogP) is 2.73. The van der Waals surface area contributed by atoms with Crippen molar-refractivity contribution < 1.29 is 9.84 Å². The number of hydrogen-bond acceptors (Lipinski definition) is 3. The highest BCUT2D eigenvalue weighted by atomic mass is 35.5. The van der Waals surface area contributed by atoms with Crippen LogP contribution in [0, 0.1) is 13.8 Å². The van der Waals surface area contributed by atoms with Crippen LogP contribution in [-0.4, -0.2) is 27.4 Å². The van der Waals surface area contributed by atoms with E-state index >= 15 is 0 Å². The van der Waals surface area contributed by atoms with Gasteiger partial charge in [0.15, 0.2) is 0 Å². The lowest BCUT2D eigenvalue weighted by molar-refractivity contribution is 0.0201. The van der Waals surface area contributed by atoms with E-state index in [4.69, 9.17) is 16.3 Å². The molecule has 5 heteroatoms. The largest absolute Gasteiger partial charge is 0.389 e. The van der Waals surface area contributed by atoms with Gasteiger partial charge in [-0.25, -0.2) is 4.98 Å². The lowest BCUT2D eigenvalue weighted by Gasteiger charge is -2.13. The SMILES string of the molecule is Cc1ncn(CC(O)COCc2ccc(Cl)cc2)c1C. The molecule has 0 aliphatic carbocycles. The fourth-order valence-electron chi connectivity index (χ4n) is 1.90. The van der Waals surface area contributed by atoms with Gasteiger partial charge in [-0.1, -0.05) is 23.7 Å². The lowest BCUT2D eigenvalue weighted by Crippen LogP contribution is -2.22. The molecule has 1 atom stereocenters. The van der Waals surface area contributed by atoms with Crippen molar-refractivity contribution in [2.24, 2.45) is 0 Å². The molecule has 1 N–H and O–H groups in total. The monoisotopic (exact) mass is 294 g/mol. The van der Waals surface area contributed by atoms with Crippen molar-refractivity contribution in [3.63, 3.8) is 0 Å². The summed E-state index contributed by atoms with van der Waals surface area (Å²) in [5, 5.41) is 10.7. The van der Waals surface area contributed by atoms with Gasteiger partial charge in [0, 0.05) is 10.7 Å². The summed E-state index contributed by atoms with van der Waals surface area (Å²) in [5.74, 6) is 0. The van der Waals surface area contributed by atoms with Crippen LogP contribution in [0.2, 0.25) is 5.02 Å². The molecule has 0 bridgehead atoms. The van der Waals surface area contributed by atoms with Gasteiger partial charge in [0.25, 0.3) is 0 Å². The molecule has 1 unspecified atom stereocenters. The third-order valence-corrected chi connectivity index (χ3v) is 3.50. The first-order valence-corrected chi connectivity index (χ1v) is 6.92. The van der Waals surface area contributed by atoms with Gasteiger partial charge in [-0.3, -0.25) is 0 Å². The minimum absolute atomic E-state index is 0.291. The Labute approximate surface area is 124 Å². The van der Waals surface area contributed by atoms with E-state index in [0.29, 0.717) is 24.8 Å². The number of hydrogen-bond donors (Lipinski definition) is 1. The number of aliphatic hydroxyl groups is 1. The van der Waals surface area contributed by atoms with E-state index in [-0.39, 0.29) is 0 Å². The zero-order valence-corrected chi connectivity index (χ0v) is 12.5. The Morgan fingerprint density at radius 3 is 2.60 bits per heavy atom. The number of halogens is 1. The summed E-state index contributed by atoms with van der Waals surface area (Å²) in [4.78, 5) is 4.20. The molecular weight excluding hydrogens is 276 g/mol. The Balaban J connectivity index is 1.76. The lowest BCUT2D eigenvalue weighted by atomic mass is 10.2. The molecule has 4 nitrogen and oxygen atoms in total. The Morgan fingerprint density at radius 1 is 1.30 bits per heavy atom. The minimum atomic E-state index is -0.547. The molecule has 0 amide bonds. The highest BCUT2D eigenvalue weighted by Gasteiger charge is 2.09. The van der Waals surface area contributed by atoms with E-state index in [1.165, 1.54) is 0 Å². The molecule has 0 fully saturated rings. The fourth-order valence-corrected chi connectivity index (χ4v) is 2.03. The number of imidazole rings is 1. The number of nitrogens with zero attached hydrogens (tertiary/aromatic N) is 2. The van der Waals surface area contributed by atoms with Crippen LogP contribution in [0.5, 0.6) is 0 Å². The first-order chi connectivity index (χ1) is 9.56. The van der Waals surface area contributed by atoms with E-state index < -0.39 is 6.10 Å². The molecule has 0 saturated carbocycles. The third kappa shape index (κ3) is 4.07. The van der Waals surface area contributed by atoms with Crippen LogP contribution < -0.4 is 0 Å².